The molecule has 40 valence electrons. The predicted molar refractivity (Wildman–Crippen MR) is 43.1 cm³/mol. The van der Waals surface area contributed by atoms with Gasteiger partial charge in [0.05, 0.1) is 0 Å². The highest BCUT2D eigenvalue weighted by Crippen LogP contribution is 1.86. The highest BCUT2D eigenvalue weighted by atomic mass is 127. The summed E-state index contributed by atoms with van der Waals surface area (Å²) in [5.74, 6) is 0. The Morgan fingerprint density at radius 1 is 1.57 bits per heavy atom. The van der Waals surface area contributed by atoms with Crippen molar-refractivity contribution in [3.63, 3.8) is 0 Å². The van der Waals surface area contributed by atoms with Crippen molar-refractivity contribution >= 4 is 35.3 Å². The maximum atomic E-state index is 2.53. The number of rotatable bonds is 3. The second-order valence-corrected chi connectivity index (χ2v) is 6.17. The van der Waals surface area contributed by atoms with Gasteiger partial charge in [0.15, 0.2) is 0 Å². The molecule has 3 heteroatoms. The van der Waals surface area contributed by atoms with E-state index < -0.39 is 0 Å². The van der Waals surface area contributed by atoms with Gasteiger partial charge >= 0.3 is 16.5 Å². The van der Waals surface area contributed by atoms with E-state index >= 15 is 0 Å². The fourth-order valence-electron chi connectivity index (χ4n) is 0.376. The summed E-state index contributed by atoms with van der Waals surface area (Å²) in [6.45, 7) is 1.29. The average Bonchev–Trinajstić information content (AvgIpc) is 1.61. The first kappa shape index (κ1) is 8.46. The lowest BCUT2D eigenvalue weighted by molar-refractivity contribution is 0.434. The second kappa shape index (κ2) is 5.59. The molecule has 0 amide bonds. The van der Waals surface area contributed by atoms with Crippen LogP contribution in [0.15, 0.2) is 0 Å². The van der Waals surface area contributed by atoms with Gasteiger partial charge in [-0.2, -0.15) is 0 Å². The van der Waals surface area contributed by atoms with Gasteiger partial charge in [-0.25, -0.2) is 0 Å². The van der Waals surface area contributed by atoms with Crippen LogP contribution in [0.1, 0.15) is 0 Å². The van der Waals surface area contributed by atoms with Gasteiger partial charge in [-0.1, -0.05) is 0 Å². The molecular weight excluding hydrogens is 213 g/mol. The summed E-state index contributed by atoms with van der Waals surface area (Å²) in [5, 5.41) is 0. The molecule has 0 aromatic rings. The molecule has 0 rings (SSSR count). The molecule has 0 radical (unpaired) electrons. The number of hydrogen-bond acceptors (Lipinski definition) is 1. The summed E-state index contributed by atoms with van der Waals surface area (Å²) in [7, 11) is 4.25. The predicted octanol–water partition coefficient (Wildman–Crippen LogP) is 1.02. The summed E-state index contributed by atoms with van der Waals surface area (Å²) in [6.07, 6.45) is 0. The fraction of sp³-hybridized carbons (Fsp3) is 1.00. The van der Waals surface area contributed by atoms with Crippen molar-refractivity contribution in [1.82, 2.24) is 4.90 Å². The van der Waals surface area contributed by atoms with Crippen molar-refractivity contribution in [3.05, 3.63) is 0 Å². The van der Waals surface area contributed by atoms with Crippen LogP contribution in [0, 0.1) is 0 Å². The average molecular weight is 223 g/mol. The molecule has 0 aliphatic carbocycles. The lowest BCUT2D eigenvalue weighted by Gasteiger charge is -2.05. The maximum absolute atomic E-state index is 2.53. The van der Waals surface area contributed by atoms with Gasteiger partial charge in [0.25, 0.3) is 0 Å². The Morgan fingerprint density at radius 3 is 2.29 bits per heavy atom. The highest BCUT2D eigenvalue weighted by Gasteiger charge is 1.89. The van der Waals surface area contributed by atoms with Crippen molar-refractivity contribution in [2.24, 2.45) is 0 Å². The summed E-state index contributed by atoms with van der Waals surface area (Å²) < 4.78 is 1.45. The third-order valence-corrected chi connectivity index (χ3v) is 3.61. The third kappa shape index (κ3) is 7.46. The Kier molecular flexibility index (Phi) is 6.75. The first-order valence-electron chi connectivity index (χ1n) is 2.48. The van der Waals surface area contributed by atoms with Crippen LogP contribution in [-0.2, 0) is 0 Å². The van der Waals surface area contributed by atoms with E-state index in [0.717, 1.165) is 0 Å². The number of halogens is 1. The van der Waals surface area contributed by atoms with E-state index in [9.17, 15) is 0 Å². The summed E-state index contributed by atoms with van der Waals surface area (Å²) in [4.78, 5) is 2.24. The standard InChI is InChI=1S/C4H10N.HI.Mg/c1-4-5(2)3;;/h1,4H2,2-3H3;1H;/q;;+1/p-1. The molecule has 0 aromatic heterocycles. The first-order valence-corrected chi connectivity index (χ1v) is 8.59. The Labute approximate surface area is 64.9 Å². The zero-order valence-electron chi connectivity index (χ0n) is 4.95. The van der Waals surface area contributed by atoms with E-state index in [-0.39, 0.29) is 0 Å². The van der Waals surface area contributed by atoms with Gasteiger partial charge < -0.3 is 23.8 Å². The van der Waals surface area contributed by atoms with Crippen LogP contribution in [0.5, 0.6) is 0 Å². The summed E-state index contributed by atoms with van der Waals surface area (Å²) in [6, 6.07) is 0. The van der Waals surface area contributed by atoms with Crippen molar-refractivity contribution in [2.45, 2.75) is 4.55 Å². The molecule has 0 bridgehead atoms. The Balaban J connectivity index is 2.68. The Hall–Kier alpha value is 1.46. The molecule has 0 saturated heterocycles. The first-order chi connectivity index (χ1) is 3.27. The molecular formula is C4H10IMgN. The van der Waals surface area contributed by atoms with E-state index in [1.54, 1.807) is 0 Å². The zero-order chi connectivity index (χ0) is 5.70. The van der Waals surface area contributed by atoms with Crippen LogP contribution in [0.3, 0.4) is 0 Å². The van der Waals surface area contributed by atoms with E-state index in [0.29, 0.717) is 16.5 Å². The quantitative estimate of drug-likeness (QED) is 0.510. The molecule has 0 saturated carbocycles. The monoisotopic (exact) mass is 223 g/mol. The van der Waals surface area contributed by atoms with Crippen LogP contribution in [0.4, 0.5) is 0 Å². The number of nitrogens with zero attached hydrogens (tertiary/aromatic N) is 1. The summed E-state index contributed by atoms with van der Waals surface area (Å²) >= 11 is 2.83. The molecule has 0 aromatic carbocycles. The third-order valence-electron chi connectivity index (χ3n) is 0.739. The zero-order valence-corrected chi connectivity index (χ0v) is 8.52. The minimum absolute atomic E-state index is 0.300. The summed E-state index contributed by atoms with van der Waals surface area (Å²) in [5.41, 5.74) is 0. The molecule has 0 aliphatic heterocycles. The van der Waals surface area contributed by atoms with Gasteiger partial charge in [-0.3, -0.25) is 0 Å². The SMILES string of the molecule is CN(C)C[CH2][Mg][I]. The largest absolute Gasteiger partial charge is 0.465 e. The van der Waals surface area contributed by atoms with Crippen LogP contribution in [-0.4, -0.2) is 42.0 Å². The highest BCUT2D eigenvalue weighted by molar-refractivity contribution is 14.1. The molecule has 0 N–H and O–H groups in total. The maximum Gasteiger partial charge on any atom is 0.465 e. The molecule has 7 heavy (non-hydrogen) atoms. The van der Waals surface area contributed by atoms with Crippen LogP contribution in [0.25, 0.3) is 0 Å². The van der Waals surface area contributed by atoms with Crippen LogP contribution >= 0.6 is 18.9 Å². The molecule has 0 aliphatic rings. The van der Waals surface area contributed by atoms with Gasteiger partial charge in [-0.05, 0) is 20.6 Å². The fourth-order valence-corrected chi connectivity index (χ4v) is 2.15. The van der Waals surface area contributed by atoms with Crippen LogP contribution < -0.4 is 0 Å². The smallest absolute Gasteiger partial charge is 0.312 e. The van der Waals surface area contributed by atoms with Gasteiger partial charge in [0.2, 0.25) is 0 Å². The normalized spacial score (nSPS) is 9.14. The lowest BCUT2D eigenvalue weighted by Crippen LogP contribution is -2.12. The molecule has 0 heterocycles. The molecule has 0 fully saturated rings. The van der Waals surface area contributed by atoms with Gasteiger partial charge in [0, 0.05) is 0 Å². The number of hydrogen-bond donors (Lipinski definition) is 0. The minimum atomic E-state index is 0.300. The molecule has 0 unspecified atom stereocenters. The second-order valence-electron chi connectivity index (χ2n) is 1.85. The van der Waals surface area contributed by atoms with Gasteiger partial charge in [0.1, 0.15) is 0 Å². The topological polar surface area (TPSA) is 3.24 Å². The minimum Gasteiger partial charge on any atom is -0.312 e. The Bertz CT molecular complexity index is 40.7. The van der Waals surface area contributed by atoms with Crippen molar-refractivity contribution in [3.8, 4) is 0 Å². The van der Waals surface area contributed by atoms with Gasteiger partial charge in [-0.15, -0.1) is 4.55 Å². The van der Waals surface area contributed by atoms with E-state index in [2.05, 4.69) is 37.8 Å². The van der Waals surface area contributed by atoms with Crippen molar-refractivity contribution < 1.29 is 0 Å². The van der Waals surface area contributed by atoms with E-state index in [1.807, 2.05) is 0 Å². The van der Waals surface area contributed by atoms with E-state index in [1.165, 1.54) is 11.1 Å². The van der Waals surface area contributed by atoms with Crippen molar-refractivity contribution in [2.75, 3.05) is 20.6 Å². The van der Waals surface area contributed by atoms with Crippen LogP contribution in [0.2, 0.25) is 4.55 Å². The lowest BCUT2D eigenvalue weighted by atomic mass is 10.7. The van der Waals surface area contributed by atoms with Crippen molar-refractivity contribution in [1.29, 1.82) is 0 Å². The Morgan fingerprint density at radius 2 is 2.14 bits per heavy atom. The molecule has 0 atom stereocenters. The molecule has 0 spiro atoms. The molecule has 1 nitrogen and oxygen atoms in total. The van der Waals surface area contributed by atoms with E-state index in [4.69, 9.17) is 0 Å².